The molecule has 1 N–H and O–H groups in total. The van der Waals surface area contributed by atoms with Crippen LogP contribution in [0.25, 0.3) is 0 Å². The van der Waals surface area contributed by atoms with Crippen LogP contribution in [-0.4, -0.2) is 52.4 Å². The molecule has 6 heteroatoms. The second kappa shape index (κ2) is 4.97. The van der Waals surface area contributed by atoms with Gasteiger partial charge in [-0.25, -0.2) is 4.79 Å². The Hall–Kier alpha value is -1.95. The minimum absolute atomic E-state index is 0.00119. The highest BCUT2D eigenvalue weighted by Gasteiger charge is 2.38. The topological polar surface area (TPSA) is 65.5 Å². The zero-order chi connectivity index (χ0) is 13.2. The largest absolute Gasteiger partial charge is 0.329 e. The van der Waals surface area contributed by atoms with Crippen LogP contribution in [0.4, 0.5) is 4.79 Å². The van der Waals surface area contributed by atoms with Gasteiger partial charge < -0.3 is 5.32 Å². The minimum Gasteiger partial charge on any atom is -0.329 e. The quantitative estimate of drug-likeness (QED) is 0.789. The van der Waals surface area contributed by atoms with Crippen molar-refractivity contribution in [3.05, 3.63) is 30.1 Å². The lowest BCUT2D eigenvalue weighted by molar-refractivity contribution is -0.126. The summed E-state index contributed by atoms with van der Waals surface area (Å²) in [6, 6.07) is 5.59. The standard InChI is InChI=1S/C13H16N4O2/c18-12-7-15-13(19)17(12)11-4-6-16(9-11)8-10-3-1-2-5-14-10/h1-3,5,11H,4,6-9H2,(H,15,19). The van der Waals surface area contributed by atoms with Crippen LogP contribution in [0.3, 0.4) is 0 Å². The molecule has 1 atom stereocenters. The molecule has 2 saturated heterocycles. The third-order valence-electron chi connectivity index (χ3n) is 3.60. The van der Waals surface area contributed by atoms with Crippen LogP contribution in [0.1, 0.15) is 12.1 Å². The van der Waals surface area contributed by atoms with Gasteiger partial charge in [-0.05, 0) is 18.6 Å². The van der Waals surface area contributed by atoms with Crippen molar-refractivity contribution in [2.45, 2.75) is 19.0 Å². The number of hydrogen-bond acceptors (Lipinski definition) is 4. The number of nitrogens with one attached hydrogen (secondary N) is 1. The molecule has 100 valence electrons. The number of urea groups is 1. The van der Waals surface area contributed by atoms with Gasteiger partial charge in [0.15, 0.2) is 0 Å². The molecule has 0 aliphatic carbocycles. The minimum atomic E-state index is -0.255. The first-order chi connectivity index (χ1) is 9.24. The fourth-order valence-electron chi connectivity index (χ4n) is 2.69. The Morgan fingerprint density at radius 1 is 1.37 bits per heavy atom. The maximum atomic E-state index is 11.6. The summed E-state index contributed by atoms with van der Waals surface area (Å²) >= 11 is 0. The summed E-state index contributed by atoms with van der Waals surface area (Å²) in [5.74, 6) is -0.116. The molecule has 2 fully saturated rings. The number of aromatic nitrogens is 1. The molecule has 1 aromatic heterocycles. The maximum absolute atomic E-state index is 11.6. The molecule has 2 aliphatic heterocycles. The first-order valence-electron chi connectivity index (χ1n) is 6.46. The third-order valence-corrected chi connectivity index (χ3v) is 3.60. The fraction of sp³-hybridized carbons (Fsp3) is 0.462. The van der Waals surface area contributed by atoms with Gasteiger partial charge in [0.25, 0.3) is 0 Å². The van der Waals surface area contributed by atoms with Crippen molar-refractivity contribution in [3.8, 4) is 0 Å². The van der Waals surface area contributed by atoms with E-state index in [-0.39, 0.29) is 24.5 Å². The summed E-state index contributed by atoms with van der Waals surface area (Å²) in [4.78, 5) is 31.1. The molecule has 1 aromatic rings. The van der Waals surface area contributed by atoms with Gasteiger partial charge in [0, 0.05) is 25.8 Å². The zero-order valence-electron chi connectivity index (χ0n) is 10.6. The Kier molecular flexibility index (Phi) is 3.16. The number of amides is 3. The SMILES string of the molecule is O=C1CNC(=O)N1C1CCN(Cc2ccccn2)C1. The van der Waals surface area contributed by atoms with Crippen LogP contribution in [0.15, 0.2) is 24.4 Å². The summed E-state index contributed by atoms with van der Waals surface area (Å²) in [5, 5.41) is 2.57. The van der Waals surface area contributed by atoms with Gasteiger partial charge in [-0.3, -0.25) is 19.6 Å². The van der Waals surface area contributed by atoms with Crippen molar-refractivity contribution in [1.29, 1.82) is 0 Å². The highest BCUT2D eigenvalue weighted by molar-refractivity contribution is 6.02. The van der Waals surface area contributed by atoms with Crippen molar-refractivity contribution in [3.63, 3.8) is 0 Å². The molecule has 3 amide bonds. The van der Waals surface area contributed by atoms with E-state index in [2.05, 4.69) is 15.2 Å². The summed E-state index contributed by atoms with van der Waals surface area (Å²) in [6.07, 6.45) is 2.62. The monoisotopic (exact) mass is 260 g/mol. The number of pyridine rings is 1. The van der Waals surface area contributed by atoms with Gasteiger partial charge in [0.2, 0.25) is 5.91 Å². The number of nitrogens with zero attached hydrogens (tertiary/aromatic N) is 3. The molecule has 0 bridgehead atoms. The summed E-state index contributed by atoms with van der Waals surface area (Å²) in [7, 11) is 0. The Balaban J connectivity index is 1.61. The van der Waals surface area contributed by atoms with E-state index in [9.17, 15) is 9.59 Å². The highest BCUT2D eigenvalue weighted by atomic mass is 16.2. The van der Waals surface area contributed by atoms with Crippen LogP contribution in [-0.2, 0) is 11.3 Å². The van der Waals surface area contributed by atoms with Crippen LogP contribution < -0.4 is 5.32 Å². The summed E-state index contributed by atoms with van der Waals surface area (Å²) in [5.41, 5.74) is 1.01. The molecule has 2 aliphatic rings. The molecule has 0 saturated carbocycles. The lowest BCUT2D eigenvalue weighted by atomic mass is 10.2. The van der Waals surface area contributed by atoms with Crippen molar-refractivity contribution in [1.82, 2.24) is 20.1 Å². The van der Waals surface area contributed by atoms with Gasteiger partial charge in [-0.1, -0.05) is 6.07 Å². The Bertz CT molecular complexity index is 475. The van der Waals surface area contributed by atoms with Gasteiger partial charge in [0.05, 0.1) is 18.3 Å². The normalized spacial score (nSPS) is 24.0. The number of imide groups is 1. The first-order valence-corrected chi connectivity index (χ1v) is 6.46. The fourth-order valence-corrected chi connectivity index (χ4v) is 2.69. The lowest BCUT2D eigenvalue weighted by Gasteiger charge is -2.21. The molecule has 3 heterocycles. The summed E-state index contributed by atoms with van der Waals surface area (Å²) in [6.45, 7) is 2.52. The van der Waals surface area contributed by atoms with E-state index >= 15 is 0 Å². The molecule has 6 nitrogen and oxygen atoms in total. The molecular formula is C13H16N4O2. The van der Waals surface area contributed by atoms with E-state index in [1.54, 1.807) is 6.20 Å². The van der Waals surface area contributed by atoms with Crippen molar-refractivity contribution >= 4 is 11.9 Å². The Morgan fingerprint density at radius 2 is 2.26 bits per heavy atom. The lowest BCUT2D eigenvalue weighted by Crippen LogP contribution is -2.42. The van der Waals surface area contributed by atoms with Crippen molar-refractivity contribution in [2.24, 2.45) is 0 Å². The average molecular weight is 260 g/mol. The molecule has 0 radical (unpaired) electrons. The van der Waals surface area contributed by atoms with E-state index in [0.717, 1.165) is 31.7 Å². The predicted octanol–water partition coefficient (Wildman–Crippen LogP) is 0.208. The molecule has 0 spiro atoms. The zero-order valence-corrected chi connectivity index (χ0v) is 10.6. The maximum Gasteiger partial charge on any atom is 0.324 e. The van der Waals surface area contributed by atoms with Crippen LogP contribution in [0, 0.1) is 0 Å². The van der Waals surface area contributed by atoms with Gasteiger partial charge in [0.1, 0.15) is 0 Å². The molecule has 3 rings (SSSR count). The van der Waals surface area contributed by atoms with E-state index in [4.69, 9.17) is 0 Å². The van der Waals surface area contributed by atoms with Gasteiger partial charge in [-0.2, -0.15) is 0 Å². The van der Waals surface area contributed by atoms with E-state index in [1.165, 1.54) is 4.90 Å². The average Bonchev–Trinajstić information content (AvgIpc) is 2.98. The second-order valence-corrected chi connectivity index (χ2v) is 4.92. The van der Waals surface area contributed by atoms with E-state index in [1.807, 2.05) is 18.2 Å². The van der Waals surface area contributed by atoms with Gasteiger partial charge in [-0.15, -0.1) is 0 Å². The summed E-state index contributed by atoms with van der Waals surface area (Å²) < 4.78 is 0. The number of carbonyl (C=O) groups excluding carboxylic acids is 2. The molecule has 0 aromatic carbocycles. The number of likely N-dealkylation sites (tertiary alicyclic amines) is 1. The van der Waals surface area contributed by atoms with Crippen molar-refractivity contribution in [2.75, 3.05) is 19.6 Å². The van der Waals surface area contributed by atoms with Crippen molar-refractivity contribution < 1.29 is 9.59 Å². The highest BCUT2D eigenvalue weighted by Crippen LogP contribution is 2.19. The van der Waals surface area contributed by atoms with Crippen LogP contribution in [0.2, 0.25) is 0 Å². The van der Waals surface area contributed by atoms with E-state index < -0.39 is 0 Å². The predicted molar refractivity (Wildman–Crippen MR) is 68.2 cm³/mol. The van der Waals surface area contributed by atoms with E-state index in [0.29, 0.717) is 0 Å². The number of rotatable bonds is 3. The molecule has 1 unspecified atom stereocenters. The smallest absolute Gasteiger partial charge is 0.324 e. The number of hydrogen-bond donors (Lipinski definition) is 1. The molecule has 19 heavy (non-hydrogen) atoms. The second-order valence-electron chi connectivity index (χ2n) is 4.92. The first kappa shape index (κ1) is 12.1. The van der Waals surface area contributed by atoms with Crippen LogP contribution in [0.5, 0.6) is 0 Å². The molecular weight excluding hydrogens is 244 g/mol. The van der Waals surface area contributed by atoms with Crippen LogP contribution >= 0.6 is 0 Å². The Labute approximate surface area is 111 Å². The number of carbonyl (C=O) groups is 2. The third kappa shape index (κ3) is 2.44. The Morgan fingerprint density at radius 3 is 2.95 bits per heavy atom. The van der Waals surface area contributed by atoms with Gasteiger partial charge >= 0.3 is 6.03 Å².